The minimum atomic E-state index is -0.763. The largest absolute Gasteiger partial charge is 0.453 e. The number of thioether (sulfide) groups is 1. The van der Waals surface area contributed by atoms with Crippen LogP contribution in [0.3, 0.4) is 0 Å². The maximum atomic E-state index is 13.4. The van der Waals surface area contributed by atoms with E-state index in [1.54, 1.807) is 0 Å². The van der Waals surface area contributed by atoms with Crippen molar-refractivity contribution in [1.82, 2.24) is 10.2 Å². The number of hydrogen-bond acceptors (Lipinski definition) is 6. The van der Waals surface area contributed by atoms with E-state index < -0.39 is 35.0 Å². The number of methoxy groups -OCH3 is 1. The number of esters is 1. The van der Waals surface area contributed by atoms with Crippen LogP contribution in [0.1, 0.15) is 31.1 Å². The van der Waals surface area contributed by atoms with Crippen molar-refractivity contribution in [2.45, 2.75) is 42.2 Å². The summed E-state index contributed by atoms with van der Waals surface area (Å²) in [7, 11) is 1.25. The number of amides is 2. The third kappa shape index (κ3) is 3.87. The van der Waals surface area contributed by atoms with E-state index in [0.29, 0.717) is 0 Å². The molecule has 8 heteroatoms. The highest BCUT2D eigenvalue weighted by atomic mass is 32.2. The van der Waals surface area contributed by atoms with Crippen molar-refractivity contribution in [2.75, 3.05) is 7.11 Å². The van der Waals surface area contributed by atoms with Gasteiger partial charge in [0.25, 0.3) is 0 Å². The number of β-lactam (4-membered cyclic amide) rings is 1. The Bertz CT molecular complexity index is 942. The zero-order valence-electron chi connectivity index (χ0n) is 17.5. The molecule has 2 saturated heterocycles. The number of rotatable bonds is 5. The standard InChI is InChI=1S/C23H24N2O5S/c1-23(2)18(25-19(26)16(20(25)31-23)24-22(28)29-3)21(27)30-17(14-10-6-4-7-11-14)15-12-8-5-9-13-15/h4-13,16-18,20H,1-3H3,(H,24,28)/t16-,18+,20-/m1/s1. The van der Waals surface area contributed by atoms with Crippen LogP contribution in [0.5, 0.6) is 0 Å². The van der Waals surface area contributed by atoms with Gasteiger partial charge in [0, 0.05) is 4.75 Å². The highest BCUT2D eigenvalue weighted by Gasteiger charge is 2.64. The summed E-state index contributed by atoms with van der Waals surface area (Å²) in [5.74, 6) is -0.783. The number of carbonyl (C=O) groups excluding carboxylic acids is 3. The van der Waals surface area contributed by atoms with E-state index in [1.807, 2.05) is 74.5 Å². The van der Waals surface area contributed by atoms with E-state index in [4.69, 9.17) is 4.74 Å². The van der Waals surface area contributed by atoms with Gasteiger partial charge in [0.2, 0.25) is 5.91 Å². The van der Waals surface area contributed by atoms with Gasteiger partial charge >= 0.3 is 12.1 Å². The molecule has 1 N–H and O–H groups in total. The van der Waals surface area contributed by atoms with Gasteiger partial charge in [-0.05, 0) is 25.0 Å². The van der Waals surface area contributed by atoms with Crippen molar-refractivity contribution in [1.29, 1.82) is 0 Å². The Labute approximate surface area is 185 Å². The maximum absolute atomic E-state index is 13.4. The molecule has 4 rings (SSSR count). The van der Waals surface area contributed by atoms with E-state index in [0.717, 1.165) is 11.1 Å². The second-order valence-corrected chi connectivity index (χ2v) is 9.78. The predicted octanol–water partition coefficient (Wildman–Crippen LogP) is 3.11. The molecule has 0 unspecified atom stereocenters. The van der Waals surface area contributed by atoms with Gasteiger partial charge in [-0.15, -0.1) is 11.8 Å². The molecule has 2 aliphatic heterocycles. The Balaban J connectivity index is 1.58. The zero-order chi connectivity index (χ0) is 22.2. The minimum Gasteiger partial charge on any atom is -0.453 e. The highest BCUT2D eigenvalue weighted by molar-refractivity contribution is 8.01. The van der Waals surface area contributed by atoms with Crippen LogP contribution in [0.25, 0.3) is 0 Å². The van der Waals surface area contributed by atoms with Crippen LogP contribution in [-0.2, 0) is 19.1 Å². The number of alkyl carbamates (subject to hydrolysis) is 1. The predicted molar refractivity (Wildman–Crippen MR) is 116 cm³/mol. The topological polar surface area (TPSA) is 84.9 Å². The molecule has 0 saturated carbocycles. The average molecular weight is 441 g/mol. The van der Waals surface area contributed by atoms with Crippen LogP contribution in [0, 0.1) is 0 Å². The van der Waals surface area contributed by atoms with Crippen LogP contribution in [-0.4, -0.2) is 52.2 Å². The molecule has 0 aromatic heterocycles. The number of ether oxygens (including phenoxy) is 2. The molecule has 0 radical (unpaired) electrons. The van der Waals surface area contributed by atoms with E-state index in [-0.39, 0.29) is 11.3 Å². The lowest BCUT2D eigenvalue weighted by Crippen LogP contribution is -2.70. The van der Waals surface area contributed by atoms with Crippen molar-refractivity contribution in [3.63, 3.8) is 0 Å². The zero-order valence-corrected chi connectivity index (χ0v) is 18.3. The van der Waals surface area contributed by atoms with Gasteiger partial charge in [-0.1, -0.05) is 60.7 Å². The Hall–Kier alpha value is -3.00. The van der Waals surface area contributed by atoms with Crippen LogP contribution in [0.15, 0.2) is 60.7 Å². The first kappa shape index (κ1) is 21.2. The summed E-state index contributed by atoms with van der Waals surface area (Å²) in [6.07, 6.45) is -1.26. The third-order valence-electron chi connectivity index (χ3n) is 5.56. The van der Waals surface area contributed by atoms with E-state index in [2.05, 4.69) is 10.1 Å². The van der Waals surface area contributed by atoms with E-state index in [1.165, 1.54) is 23.8 Å². The Kier molecular flexibility index (Phi) is 5.66. The lowest BCUT2D eigenvalue weighted by molar-refractivity contribution is -0.166. The van der Waals surface area contributed by atoms with Crippen molar-refractivity contribution < 1.29 is 23.9 Å². The molecule has 2 fully saturated rings. The molecule has 162 valence electrons. The molecule has 31 heavy (non-hydrogen) atoms. The monoisotopic (exact) mass is 440 g/mol. The maximum Gasteiger partial charge on any atom is 0.407 e. The summed E-state index contributed by atoms with van der Waals surface area (Å²) in [5.41, 5.74) is 1.70. The van der Waals surface area contributed by atoms with Crippen LogP contribution < -0.4 is 5.32 Å². The summed E-state index contributed by atoms with van der Waals surface area (Å²) >= 11 is 1.47. The first-order chi connectivity index (χ1) is 14.8. The van der Waals surface area contributed by atoms with Crippen molar-refractivity contribution >= 4 is 29.7 Å². The number of nitrogens with zero attached hydrogens (tertiary/aromatic N) is 1. The van der Waals surface area contributed by atoms with E-state index >= 15 is 0 Å². The number of carbonyl (C=O) groups is 3. The minimum absolute atomic E-state index is 0.314. The molecule has 0 aliphatic carbocycles. The molecule has 2 aromatic rings. The number of hydrogen-bond donors (Lipinski definition) is 1. The van der Waals surface area contributed by atoms with Crippen molar-refractivity contribution in [3.05, 3.63) is 71.8 Å². The number of nitrogens with one attached hydrogen (secondary N) is 1. The van der Waals surface area contributed by atoms with Gasteiger partial charge in [0.15, 0.2) is 6.10 Å². The fourth-order valence-electron chi connectivity index (χ4n) is 4.08. The van der Waals surface area contributed by atoms with E-state index in [9.17, 15) is 14.4 Å². The highest BCUT2D eigenvalue weighted by Crippen LogP contribution is 2.51. The molecule has 2 aliphatic rings. The lowest BCUT2D eigenvalue weighted by Gasteiger charge is -2.43. The SMILES string of the molecule is COC(=O)N[C@@H]1C(=O)N2[C@@H]1SC(C)(C)[C@@H]2C(=O)OC(c1ccccc1)c1ccccc1. The molecule has 3 atom stereocenters. The first-order valence-electron chi connectivity index (χ1n) is 9.98. The molecule has 0 bridgehead atoms. The van der Waals surface area contributed by atoms with Gasteiger partial charge in [-0.3, -0.25) is 4.79 Å². The van der Waals surface area contributed by atoms with Crippen molar-refractivity contribution in [2.24, 2.45) is 0 Å². The summed E-state index contributed by atoms with van der Waals surface area (Å²) < 4.78 is 10.0. The first-order valence-corrected chi connectivity index (χ1v) is 10.9. The number of fused-ring (bicyclic) bond motifs is 1. The fraction of sp³-hybridized carbons (Fsp3) is 0.348. The quantitative estimate of drug-likeness (QED) is 0.568. The van der Waals surface area contributed by atoms with Crippen LogP contribution >= 0.6 is 11.8 Å². The number of benzene rings is 2. The summed E-state index contributed by atoms with van der Waals surface area (Å²) in [6.45, 7) is 3.81. The third-order valence-corrected chi connectivity index (χ3v) is 7.13. The Morgan fingerprint density at radius 2 is 1.58 bits per heavy atom. The average Bonchev–Trinajstić information content (AvgIpc) is 3.04. The van der Waals surface area contributed by atoms with Gasteiger partial charge in [0.1, 0.15) is 17.5 Å². The second kappa shape index (κ2) is 8.26. The molecule has 2 aromatic carbocycles. The fourth-order valence-corrected chi connectivity index (χ4v) is 5.70. The molecule has 2 amide bonds. The molecule has 7 nitrogen and oxygen atoms in total. The normalized spacial score (nSPS) is 23.7. The Morgan fingerprint density at radius 3 is 2.10 bits per heavy atom. The van der Waals surface area contributed by atoms with Gasteiger partial charge in [-0.25, -0.2) is 9.59 Å². The summed E-state index contributed by atoms with van der Waals surface area (Å²) in [4.78, 5) is 39.2. The smallest absolute Gasteiger partial charge is 0.407 e. The van der Waals surface area contributed by atoms with Crippen LogP contribution in [0.4, 0.5) is 4.79 Å². The molecular weight excluding hydrogens is 416 g/mol. The van der Waals surface area contributed by atoms with Crippen molar-refractivity contribution in [3.8, 4) is 0 Å². The molecule has 2 heterocycles. The van der Waals surface area contributed by atoms with Gasteiger partial charge in [0.05, 0.1) is 7.11 Å². The second-order valence-electron chi connectivity index (χ2n) is 8.01. The van der Waals surface area contributed by atoms with Crippen LogP contribution in [0.2, 0.25) is 0 Å². The van der Waals surface area contributed by atoms with Gasteiger partial charge in [-0.2, -0.15) is 0 Å². The molecule has 0 spiro atoms. The van der Waals surface area contributed by atoms with Gasteiger partial charge < -0.3 is 19.7 Å². The lowest BCUT2D eigenvalue weighted by atomic mass is 9.95. The summed E-state index contributed by atoms with van der Waals surface area (Å²) in [6, 6.07) is 17.6. The summed E-state index contributed by atoms with van der Waals surface area (Å²) in [5, 5.41) is 2.21. The Morgan fingerprint density at radius 1 is 1.03 bits per heavy atom. The molecular formula is C23H24N2O5S.